The van der Waals surface area contributed by atoms with E-state index in [2.05, 4.69) is 4.90 Å². The maximum Gasteiger partial charge on any atom is 0.335 e. The molecule has 0 aromatic heterocycles. The van der Waals surface area contributed by atoms with Gasteiger partial charge in [0.05, 0.1) is 24.3 Å². The molecule has 1 aliphatic carbocycles. The van der Waals surface area contributed by atoms with Crippen LogP contribution in [0.3, 0.4) is 0 Å². The third-order valence-electron chi connectivity index (χ3n) is 4.25. The predicted octanol–water partition coefficient (Wildman–Crippen LogP) is 2.45. The third-order valence-corrected chi connectivity index (χ3v) is 4.25. The summed E-state index contributed by atoms with van der Waals surface area (Å²) < 4.78 is 5.81. The fourth-order valence-electron chi connectivity index (χ4n) is 3.31. The molecule has 0 radical (unpaired) electrons. The number of hydrogen-bond donors (Lipinski definition) is 1. The first-order valence-corrected chi connectivity index (χ1v) is 6.89. The van der Waals surface area contributed by atoms with Crippen molar-refractivity contribution in [2.75, 3.05) is 18.1 Å². The Morgan fingerprint density at radius 2 is 2.26 bits per heavy atom. The highest BCUT2D eigenvalue weighted by molar-refractivity contribution is 5.89. The average molecular weight is 261 g/mol. The topological polar surface area (TPSA) is 49.8 Å². The molecular formula is C15H19NO3. The number of aryl methyl sites for hydroxylation is 1. The third kappa shape index (κ3) is 2.21. The number of anilines is 1. The number of aromatic carboxylic acids is 1. The van der Waals surface area contributed by atoms with Crippen LogP contribution in [0.15, 0.2) is 18.2 Å². The van der Waals surface area contributed by atoms with Gasteiger partial charge in [0.25, 0.3) is 0 Å². The summed E-state index contributed by atoms with van der Waals surface area (Å²) in [6.07, 6.45) is 3.89. The van der Waals surface area contributed by atoms with Crippen molar-refractivity contribution in [1.29, 1.82) is 0 Å². The number of nitrogens with zero attached hydrogens (tertiary/aromatic N) is 1. The minimum Gasteiger partial charge on any atom is -0.478 e. The molecule has 3 rings (SSSR count). The van der Waals surface area contributed by atoms with Crippen LogP contribution in [0.2, 0.25) is 0 Å². The molecule has 4 nitrogen and oxygen atoms in total. The van der Waals surface area contributed by atoms with Gasteiger partial charge in [-0.3, -0.25) is 0 Å². The molecule has 102 valence electrons. The number of morpholine rings is 1. The molecule has 1 aromatic carbocycles. The summed E-state index contributed by atoms with van der Waals surface area (Å²) in [4.78, 5) is 13.4. The van der Waals surface area contributed by atoms with Crippen molar-refractivity contribution in [1.82, 2.24) is 0 Å². The molecular weight excluding hydrogens is 242 g/mol. The fourth-order valence-corrected chi connectivity index (χ4v) is 3.31. The first-order valence-electron chi connectivity index (χ1n) is 6.89. The zero-order valence-corrected chi connectivity index (χ0v) is 11.1. The van der Waals surface area contributed by atoms with Gasteiger partial charge in [-0.25, -0.2) is 4.79 Å². The van der Waals surface area contributed by atoms with Gasteiger partial charge >= 0.3 is 5.97 Å². The van der Waals surface area contributed by atoms with Gasteiger partial charge in [-0.2, -0.15) is 0 Å². The van der Waals surface area contributed by atoms with Crippen LogP contribution in [0, 0.1) is 6.92 Å². The summed E-state index contributed by atoms with van der Waals surface area (Å²) in [6.45, 7) is 3.52. The maximum absolute atomic E-state index is 11.1. The number of carboxylic acid groups (broad SMARTS) is 1. The second kappa shape index (κ2) is 4.85. The quantitative estimate of drug-likeness (QED) is 0.888. The van der Waals surface area contributed by atoms with E-state index in [0.717, 1.165) is 30.8 Å². The van der Waals surface area contributed by atoms with Crippen molar-refractivity contribution in [3.8, 4) is 0 Å². The molecule has 19 heavy (non-hydrogen) atoms. The lowest BCUT2D eigenvalue weighted by Crippen LogP contribution is -2.48. The summed E-state index contributed by atoms with van der Waals surface area (Å²) in [5.74, 6) is -0.857. The van der Waals surface area contributed by atoms with Gasteiger partial charge in [0, 0.05) is 12.2 Å². The van der Waals surface area contributed by atoms with Crippen LogP contribution in [-0.4, -0.2) is 36.4 Å². The van der Waals surface area contributed by atoms with E-state index < -0.39 is 5.97 Å². The van der Waals surface area contributed by atoms with E-state index >= 15 is 0 Å². The van der Waals surface area contributed by atoms with Crippen LogP contribution in [0.1, 0.15) is 35.2 Å². The molecule has 2 unspecified atom stereocenters. The van der Waals surface area contributed by atoms with Gasteiger partial charge in [0.15, 0.2) is 0 Å². The van der Waals surface area contributed by atoms with Gasteiger partial charge in [0.1, 0.15) is 0 Å². The monoisotopic (exact) mass is 261 g/mol. The number of ether oxygens (including phenoxy) is 1. The van der Waals surface area contributed by atoms with E-state index in [1.54, 1.807) is 6.07 Å². The van der Waals surface area contributed by atoms with Gasteiger partial charge < -0.3 is 14.7 Å². The lowest BCUT2D eigenvalue weighted by molar-refractivity contribution is 0.0256. The van der Waals surface area contributed by atoms with Crippen molar-refractivity contribution in [2.24, 2.45) is 0 Å². The molecule has 2 aliphatic rings. The molecule has 1 saturated heterocycles. The van der Waals surface area contributed by atoms with Crippen LogP contribution >= 0.6 is 0 Å². The highest BCUT2D eigenvalue weighted by atomic mass is 16.5. The van der Waals surface area contributed by atoms with Crippen molar-refractivity contribution in [2.45, 2.75) is 38.3 Å². The first kappa shape index (κ1) is 12.5. The molecule has 1 aliphatic heterocycles. The second-order valence-corrected chi connectivity index (χ2v) is 5.41. The molecule has 1 heterocycles. The SMILES string of the molecule is Cc1cc(N2CCOC3CCCC32)ccc1C(=O)O. The van der Waals surface area contributed by atoms with E-state index in [-0.39, 0.29) is 0 Å². The largest absolute Gasteiger partial charge is 0.478 e. The van der Waals surface area contributed by atoms with Crippen molar-refractivity contribution in [3.63, 3.8) is 0 Å². The minimum atomic E-state index is -0.857. The number of rotatable bonds is 2. The Bertz CT molecular complexity index is 500. The Morgan fingerprint density at radius 3 is 3.00 bits per heavy atom. The normalized spacial score (nSPS) is 26.3. The molecule has 1 saturated carbocycles. The Hall–Kier alpha value is -1.55. The second-order valence-electron chi connectivity index (χ2n) is 5.41. The van der Waals surface area contributed by atoms with Crippen LogP contribution in [0.5, 0.6) is 0 Å². The maximum atomic E-state index is 11.1. The van der Waals surface area contributed by atoms with Crippen LogP contribution in [0.4, 0.5) is 5.69 Å². The Balaban J connectivity index is 1.89. The van der Waals surface area contributed by atoms with Crippen LogP contribution in [0.25, 0.3) is 0 Å². The fraction of sp³-hybridized carbons (Fsp3) is 0.533. The first-order chi connectivity index (χ1) is 9.16. The summed E-state index contributed by atoms with van der Waals surface area (Å²) in [6, 6.07) is 6.09. The van der Waals surface area contributed by atoms with Gasteiger partial charge in [-0.1, -0.05) is 0 Å². The minimum absolute atomic E-state index is 0.355. The number of hydrogen-bond acceptors (Lipinski definition) is 3. The molecule has 1 N–H and O–H groups in total. The van der Waals surface area contributed by atoms with Crippen molar-refractivity contribution >= 4 is 11.7 Å². The molecule has 0 spiro atoms. The van der Waals surface area contributed by atoms with Crippen LogP contribution < -0.4 is 4.90 Å². The average Bonchev–Trinajstić information content (AvgIpc) is 2.86. The van der Waals surface area contributed by atoms with Gasteiger partial charge in [-0.05, 0) is 49.9 Å². The summed E-state index contributed by atoms with van der Waals surface area (Å²) in [7, 11) is 0. The Kier molecular flexibility index (Phi) is 3.19. The number of carbonyl (C=O) groups is 1. The van der Waals surface area contributed by atoms with Crippen LogP contribution in [-0.2, 0) is 4.74 Å². The highest BCUT2D eigenvalue weighted by Crippen LogP contribution is 2.33. The summed E-state index contributed by atoms with van der Waals surface area (Å²) >= 11 is 0. The highest BCUT2D eigenvalue weighted by Gasteiger charge is 2.36. The molecule has 4 heteroatoms. The molecule has 0 amide bonds. The smallest absolute Gasteiger partial charge is 0.335 e. The van der Waals surface area contributed by atoms with E-state index in [9.17, 15) is 4.79 Å². The van der Waals surface area contributed by atoms with E-state index in [0.29, 0.717) is 17.7 Å². The number of benzene rings is 1. The van der Waals surface area contributed by atoms with Crippen molar-refractivity contribution < 1.29 is 14.6 Å². The van der Waals surface area contributed by atoms with Gasteiger partial charge in [-0.15, -0.1) is 0 Å². The van der Waals surface area contributed by atoms with Crippen molar-refractivity contribution in [3.05, 3.63) is 29.3 Å². The molecule has 2 atom stereocenters. The Morgan fingerprint density at radius 1 is 1.42 bits per heavy atom. The zero-order valence-electron chi connectivity index (χ0n) is 11.1. The van der Waals surface area contributed by atoms with E-state index in [4.69, 9.17) is 9.84 Å². The summed E-state index contributed by atoms with van der Waals surface area (Å²) in [5.41, 5.74) is 2.34. The van der Waals surface area contributed by atoms with Gasteiger partial charge in [0.2, 0.25) is 0 Å². The predicted molar refractivity (Wildman–Crippen MR) is 72.9 cm³/mol. The lowest BCUT2D eigenvalue weighted by atomic mass is 10.0. The molecule has 2 fully saturated rings. The number of fused-ring (bicyclic) bond motifs is 1. The van der Waals surface area contributed by atoms with E-state index in [1.807, 2.05) is 19.1 Å². The Labute approximate surface area is 113 Å². The van der Waals surface area contributed by atoms with E-state index in [1.165, 1.54) is 12.8 Å². The standard InChI is InChI=1S/C15H19NO3/c1-10-9-11(5-6-12(10)15(17)18)16-7-8-19-14-4-2-3-13(14)16/h5-6,9,13-14H,2-4,7-8H2,1H3,(H,17,18). The zero-order chi connectivity index (χ0) is 13.4. The lowest BCUT2D eigenvalue weighted by Gasteiger charge is -2.39. The molecule has 1 aromatic rings. The number of carboxylic acids is 1. The summed E-state index contributed by atoms with van der Waals surface area (Å²) in [5, 5.41) is 9.08. The molecule has 0 bridgehead atoms.